The maximum atomic E-state index is 10.7. The summed E-state index contributed by atoms with van der Waals surface area (Å²) in [6.45, 7) is 14.3. The predicted molar refractivity (Wildman–Crippen MR) is 230 cm³/mol. The van der Waals surface area contributed by atoms with Gasteiger partial charge >= 0.3 is 0 Å². The van der Waals surface area contributed by atoms with Crippen LogP contribution in [0.25, 0.3) is 11.1 Å². The van der Waals surface area contributed by atoms with Gasteiger partial charge in [0, 0.05) is 24.8 Å². The Kier molecular flexibility index (Phi) is 9.87. The van der Waals surface area contributed by atoms with Crippen LogP contribution in [-0.2, 0) is 0 Å². The van der Waals surface area contributed by atoms with Crippen molar-refractivity contribution >= 4 is 34.3 Å². The van der Waals surface area contributed by atoms with E-state index in [0.29, 0.717) is 22.7 Å². The largest absolute Gasteiger partial charge is 0.390 e. The van der Waals surface area contributed by atoms with E-state index in [9.17, 15) is 10.2 Å². The fourth-order valence-corrected chi connectivity index (χ4v) is 16.4. The summed E-state index contributed by atoms with van der Waals surface area (Å²) in [5, 5.41) is 22.8. The topological polar surface area (TPSA) is 66.2 Å². The Hall–Kier alpha value is -1.72. The van der Waals surface area contributed by atoms with Crippen LogP contribution in [0.1, 0.15) is 155 Å². The van der Waals surface area contributed by atoms with Crippen LogP contribution in [0, 0.1) is 69.0 Å². The number of aliphatic hydroxyl groups is 2. The van der Waals surface area contributed by atoms with Crippen LogP contribution in [0.5, 0.6) is 0 Å². The zero-order chi connectivity index (χ0) is 39.5. The minimum absolute atomic E-state index is 0.261. The van der Waals surface area contributed by atoms with E-state index in [-0.39, 0.29) is 10.8 Å². The minimum atomic E-state index is -0.443. The van der Waals surface area contributed by atoms with Crippen LogP contribution in [-0.4, -0.2) is 31.4 Å². The summed E-state index contributed by atoms with van der Waals surface area (Å²) in [4.78, 5) is 8.72. The fourth-order valence-electron chi connectivity index (χ4n) is 16.0. The standard InChI is InChI=1S/2C25H34ClNO/c2*1-23(28)10-11-24(2)17(13-23)4-5-19-21-7-6-20(16-12-18(26)15-27-14-16)25(21,3)9-8-22(19)24/h2*6,12,14-15,17,19,21-22,28H,4-5,7-11,13H2,1-3H3/t17?,19-,21-,22-,23+,24-,25+;17?,19-,21-,22-,23-,24-,25+/m00/s1. The number of aromatic nitrogens is 2. The van der Waals surface area contributed by atoms with Crippen molar-refractivity contribution < 1.29 is 10.2 Å². The van der Waals surface area contributed by atoms with E-state index in [1.54, 1.807) is 12.4 Å². The van der Waals surface area contributed by atoms with Gasteiger partial charge in [0.25, 0.3) is 0 Å². The summed E-state index contributed by atoms with van der Waals surface area (Å²) >= 11 is 12.5. The molecule has 6 heteroatoms. The molecule has 2 N–H and O–H groups in total. The highest BCUT2D eigenvalue weighted by Gasteiger charge is 2.61. The summed E-state index contributed by atoms with van der Waals surface area (Å²) in [6, 6.07) is 4.20. The van der Waals surface area contributed by atoms with Crippen LogP contribution < -0.4 is 0 Å². The number of allylic oxidation sites excluding steroid dienone is 4. The van der Waals surface area contributed by atoms with Gasteiger partial charge in [0.1, 0.15) is 0 Å². The minimum Gasteiger partial charge on any atom is -0.390 e. The first-order valence-corrected chi connectivity index (χ1v) is 23.3. The van der Waals surface area contributed by atoms with Gasteiger partial charge in [-0.3, -0.25) is 9.97 Å². The molecule has 0 saturated heterocycles. The Morgan fingerprint density at radius 2 is 0.929 bits per heavy atom. The molecule has 0 aliphatic heterocycles. The first-order chi connectivity index (χ1) is 26.5. The molecule has 2 aromatic heterocycles. The van der Waals surface area contributed by atoms with Gasteiger partial charge in [-0.1, -0.05) is 63.0 Å². The van der Waals surface area contributed by atoms with Crippen molar-refractivity contribution in [2.24, 2.45) is 69.0 Å². The van der Waals surface area contributed by atoms with E-state index in [1.165, 1.54) is 99.3 Å². The van der Waals surface area contributed by atoms with Crippen molar-refractivity contribution in [3.63, 3.8) is 0 Å². The normalized spacial score (nSPS) is 47.7. The summed E-state index contributed by atoms with van der Waals surface area (Å²) in [5.74, 6) is 6.20. The van der Waals surface area contributed by atoms with Gasteiger partial charge in [-0.2, -0.15) is 0 Å². The van der Waals surface area contributed by atoms with Crippen LogP contribution >= 0.6 is 23.2 Å². The number of nitrogens with zero attached hydrogens (tertiary/aromatic N) is 2. The molecule has 0 bridgehead atoms. The maximum Gasteiger partial charge on any atom is 0.0622 e. The van der Waals surface area contributed by atoms with E-state index in [1.807, 2.05) is 12.4 Å². The summed E-state index contributed by atoms with van der Waals surface area (Å²) < 4.78 is 0. The molecule has 56 heavy (non-hydrogen) atoms. The first-order valence-electron chi connectivity index (χ1n) is 22.5. The zero-order valence-electron chi connectivity index (χ0n) is 35.1. The van der Waals surface area contributed by atoms with E-state index in [2.05, 4.69) is 75.8 Å². The number of fused-ring (bicyclic) bond motifs is 10. The third kappa shape index (κ3) is 6.42. The summed E-state index contributed by atoms with van der Waals surface area (Å²) in [7, 11) is 0. The van der Waals surface area contributed by atoms with Gasteiger partial charge < -0.3 is 10.2 Å². The van der Waals surface area contributed by atoms with Gasteiger partial charge in [0.2, 0.25) is 0 Å². The van der Waals surface area contributed by atoms with Crippen molar-refractivity contribution in [2.75, 3.05) is 0 Å². The molecule has 8 aliphatic carbocycles. The van der Waals surface area contributed by atoms with E-state index in [4.69, 9.17) is 23.2 Å². The number of hydrogen-bond acceptors (Lipinski definition) is 4. The van der Waals surface area contributed by atoms with E-state index >= 15 is 0 Å². The van der Waals surface area contributed by atoms with Crippen LogP contribution in [0.2, 0.25) is 10.0 Å². The van der Waals surface area contributed by atoms with Crippen molar-refractivity contribution in [1.82, 2.24) is 9.97 Å². The molecule has 6 fully saturated rings. The molecule has 8 aliphatic rings. The van der Waals surface area contributed by atoms with Crippen LogP contribution in [0.3, 0.4) is 0 Å². The first kappa shape index (κ1) is 39.7. The van der Waals surface area contributed by atoms with Crippen molar-refractivity contribution in [1.29, 1.82) is 0 Å². The second-order valence-corrected chi connectivity index (χ2v) is 23.0. The molecule has 10 rings (SSSR count). The molecule has 14 atom stereocenters. The predicted octanol–water partition coefficient (Wildman–Crippen LogP) is 13.0. The second kappa shape index (κ2) is 13.9. The lowest BCUT2D eigenvalue weighted by atomic mass is 9.44. The van der Waals surface area contributed by atoms with Gasteiger partial charge in [0.05, 0.1) is 21.2 Å². The van der Waals surface area contributed by atoms with Gasteiger partial charge in [-0.05, 0) is 220 Å². The van der Waals surface area contributed by atoms with Crippen molar-refractivity contribution in [3.05, 3.63) is 70.2 Å². The van der Waals surface area contributed by atoms with Gasteiger partial charge in [-0.15, -0.1) is 0 Å². The number of pyridine rings is 2. The molecule has 0 radical (unpaired) electrons. The number of rotatable bonds is 2. The molecular weight excluding hydrogens is 731 g/mol. The Morgan fingerprint density at radius 1 is 0.518 bits per heavy atom. The SMILES string of the molecule is C[C@@]1(O)CC[C@@]2(C)C(CC[C@@H]3[C@@H]2CC[C@]2(C)C(c4cncc(Cl)c4)=CC[C@@H]32)C1.C[C@]1(O)CC[C@@]2(C)C(CC[C@@H]3[C@@H]2CC[C@]2(C)C(c4cncc(Cl)c4)=CC[C@@H]32)C1. The Balaban J connectivity index is 0.000000146. The van der Waals surface area contributed by atoms with Crippen LogP contribution in [0.4, 0.5) is 0 Å². The average Bonchev–Trinajstić information content (AvgIpc) is 3.69. The summed E-state index contributed by atoms with van der Waals surface area (Å²) in [5.41, 5.74) is 5.92. The molecule has 0 amide bonds. The number of hydrogen-bond donors (Lipinski definition) is 2. The van der Waals surface area contributed by atoms with Crippen molar-refractivity contribution in [3.8, 4) is 0 Å². The third-order valence-electron chi connectivity index (χ3n) is 19.1. The highest BCUT2D eigenvalue weighted by Crippen LogP contribution is 2.70. The Morgan fingerprint density at radius 3 is 1.32 bits per heavy atom. The average molecular weight is 800 g/mol. The molecule has 2 unspecified atom stereocenters. The quantitative estimate of drug-likeness (QED) is 0.318. The molecular formula is C50H68Cl2N2O2. The fraction of sp³-hybridized carbons (Fsp3) is 0.720. The molecule has 304 valence electrons. The monoisotopic (exact) mass is 798 g/mol. The van der Waals surface area contributed by atoms with Crippen molar-refractivity contribution in [2.45, 2.75) is 155 Å². The highest BCUT2D eigenvalue weighted by atomic mass is 35.5. The number of halogens is 2. The second-order valence-electron chi connectivity index (χ2n) is 22.1. The molecule has 6 saturated carbocycles. The molecule has 0 aromatic carbocycles. The van der Waals surface area contributed by atoms with E-state index in [0.717, 1.165) is 71.2 Å². The Bertz CT molecular complexity index is 1770. The molecule has 2 heterocycles. The Labute approximate surface area is 347 Å². The third-order valence-corrected chi connectivity index (χ3v) is 19.5. The zero-order valence-corrected chi connectivity index (χ0v) is 36.6. The lowest BCUT2D eigenvalue weighted by Gasteiger charge is -2.61. The van der Waals surface area contributed by atoms with Gasteiger partial charge in [0.15, 0.2) is 0 Å². The molecule has 0 spiro atoms. The molecule has 4 nitrogen and oxygen atoms in total. The van der Waals surface area contributed by atoms with E-state index < -0.39 is 11.2 Å². The maximum absolute atomic E-state index is 10.7. The lowest BCUT2D eigenvalue weighted by Crippen LogP contribution is -2.55. The smallest absolute Gasteiger partial charge is 0.0622 e. The summed E-state index contributed by atoms with van der Waals surface area (Å²) in [6.07, 6.45) is 31.7. The van der Waals surface area contributed by atoms with Gasteiger partial charge in [-0.25, -0.2) is 0 Å². The highest BCUT2D eigenvalue weighted by molar-refractivity contribution is 6.30. The lowest BCUT2D eigenvalue weighted by molar-refractivity contribution is -0.138. The van der Waals surface area contributed by atoms with Crippen LogP contribution in [0.15, 0.2) is 49.1 Å². The molecule has 2 aromatic rings.